The molecular formula is C13H20F3NSi. The monoisotopic (exact) mass is 275 g/mol. The number of hydrogen-bond donors (Lipinski definition) is 0. The molecule has 0 N–H and O–H groups in total. The van der Waals surface area contributed by atoms with Crippen LogP contribution in [0, 0.1) is 0 Å². The molecule has 102 valence electrons. The van der Waals surface area contributed by atoms with Crippen LogP contribution in [0.4, 0.5) is 13.2 Å². The minimum atomic E-state index is -4.25. The van der Waals surface area contributed by atoms with Crippen LogP contribution in [0.3, 0.4) is 0 Å². The first-order valence-corrected chi connectivity index (χ1v) is 9.11. The summed E-state index contributed by atoms with van der Waals surface area (Å²) in [7, 11) is -1.82. The third-order valence-electron chi connectivity index (χ3n) is 3.47. The predicted molar refractivity (Wildman–Crippen MR) is 71.5 cm³/mol. The summed E-state index contributed by atoms with van der Waals surface area (Å²) in [6, 6.07) is 5.64. The molecule has 1 aromatic rings. The van der Waals surface area contributed by atoms with Gasteiger partial charge in [-0.1, -0.05) is 51.2 Å². The fourth-order valence-corrected chi connectivity index (χ4v) is 5.19. The van der Waals surface area contributed by atoms with Crippen molar-refractivity contribution in [3.8, 4) is 0 Å². The summed E-state index contributed by atoms with van der Waals surface area (Å²) in [5.74, 6) is 0. The van der Waals surface area contributed by atoms with Crippen LogP contribution in [0.25, 0.3) is 0 Å². The average Bonchev–Trinajstić information content (AvgIpc) is 2.29. The smallest absolute Gasteiger partial charge is 0.321 e. The Bertz CT molecular complexity index is 380. The van der Waals surface area contributed by atoms with Gasteiger partial charge in [0.05, 0.1) is 5.56 Å². The van der Waals surface area contributed by atoms with E-state index in [-0.39, 0.29) is 0 Å². The Morgan fingerprint density at radius 1 is 1.00 bits per heavy atom. The van der Waals surface area contributed by atoms with E-state index in [1.165, 1.54) is 12.1 Å². The maximum absolute atomic E-state index is 12.5. The van der Waals surface area contributed by atoms with Crippen LogP contribution >= 0.6 is 0 Å². The Hall–Kier alpha value is -0.813. The lowest BCUT2D eigenvalue weighted by atomic mass is 10.2. The Morgan fingerprint density at radius 3 is 1.78 bits per heavy atom. The first kappa shape index (κ1) is 15.2. The third kappa shape index (κ3) is 3.14. The van der Waals surface area contributed by atoms with Crippen LogP contribution in [-0.2, 0) is 6.18 Å². The first-order valence-electron chi connectivity index (χ1n) is 6.16. The lowest BCUT2D eigenvalue weighted by Crippen LogP contribution is -2.57. The van der Waals surface area contributed by atoms with Crippen molar-refractivity contribution in [2.75, 3.05) is 13.1 Å². The van der Waals surface area contributed by atoms with Gasteiger partial charge >= 0.3 is 6.18 Å². The van der Waals surface area contributed by atoms with Crippen molar-refractivity contribution in [2.45, 2.75) is 33.1 Å². The zero-order chi connectivity index (χ0) is 14.0. The molecule has 1 rings (SSSR count). The van der Waals surface area contributed by atoms with Gasteiger partial charge in [0.1, 0.15) is 0 Å². The molecule has 0 aliphatic carbocycles. The number of rotatable bonds is 4. The molecule has 0 fully saturated rings. The van der Waals surface area contributed by atoms with Crippen molar-refractivity contribution >= 4 is 13.4 Å². The lowest BCUT2D eigenvalue weighted by Gasteiger charge is -2.35. The first-order chi connectivity index (χ1) is 8.23. The van der Waals surface area contributed by atoms with Gasteiger partial charge in [-0.2, -0.15) is 13.2 Å². The quantitative estimate of drug-likeness (QED) is 0.761. The van der Waals surface area contributed by atoms with E-state index in [0.29, 0.717) is 0 Å². The van der Waals surface area contributed by atoms with Crippen molar-refractivity contribution in [2.24, 2.45) is 0 Å². The number of alkyl halides is 3. The van der Waals surface area contributed by atoms with Crippen LogP contribution in [0.2, 0.25) is 13.1 Å². The van der Waals surface area contributed by atoms with Crippen molar-refractivity contribution in [1.82, 2.24) is 4.57 Å². The molecule has 18 heavy (non-hydrogen) atoms. The van der Waals surface area contributed by atoms with E-state index in [1.54, 1.807) is 12.1 Å². The minimum absolute atomic E-state index is 0.574. The number of benzene rings is 1. The van der Waals surface area contributed by atoms with Gasteiger partial charge in [-0.25, -0.2) is 0 Å². The maximum atomic E-state index is 12.5. The normalized spacial score (nSPS) is 13.1. The highest BCUT2D eigenvalue weighted by Gasteiger charge is 2.33. The Balaban J connectivity index is 3.04. The molecule has 0 saturated heterocycles. The second-order valence-corrected chi connectivity index (χ2v) is 9.13. The van der Waals surface area contributed by atoms with Gasteiger partial charge in [0, 0.05) is 0 Å². The van der Waals surface area contributed by atoms with Gasteiger partial charge in [-0.3, -0.25) is 0 Å². The van der Waals surface area contributed by atoms with E-state index >= 15 is 0 Å². The Morgan fingerprint density at radius 2 is 1.44 bits per heavy atom. The van der Waals surface area contributed by atoms with Crippen molar-refractivity contribution in [3.63, 3.8) is 0 Å². The second-order valence-electron chi connectivity index (χ2n) is 4.81. The number of hydrogen-bond acceptors (Lipinski definition) is 1. The van der Waals surface area contributed by atoms with Crippen LogP contribution < -0.4 is 5.19 Å². The van der Waals surface area contributed by atoms with E-state index in [9.17, 15) is 13.2 Å². The van der Waals surface area contributed by atoms with Crippen molar-refractivity contribution in [1.29, 1.82) is 0 Å². The van der Waals surface area contributed by atoms with Crippen molar-refractivity contribution in [3.05, 3.63) is 29.8 Å². The molecule has 0 atom stereocenters. The highest BCUT2D eigenvalue weighted by Crippen LogP contribution is 2.28. The molecule has 0 amide bonds. The Labute approximate surface area is 108 Å². The van der Waals surface area contributed by atoms with Gasteiger partial charge in [-0.05, 0) is 18.3 Å². The van der Waals surface area contributed by atoms with Gasteiger partial charge in [0.15, 0.2) is 8.24 Å². The van der Waals surface area contributed by atoms with Gasteiger partial charge in [0.2, 0.25) is 0 Å². The molecule has 1 aromatic carbocycles. The predicted octanol–water partition coefficient (Wildman–Crippen LogP) is 3.46. The molecule has 0 saturated carbocycles. The van der Waals surface area contributed by atoms with E-state index in [0.717, 1.165) is 18.3 Å². The Kier molecular flexibility index (Phi) is 4.61. The third-order valence-corrected chi connectivity index (χ3v) is 7.43. The second kappa shape index (κ2) is 5.44. The molecule has 1 nitrogen and oxygen atoms in total. The fraction of sp³-hybridized carbons (Fsp3) is 0.538. The molecule has 0 spiro atoms. The van der Waals surface area contributed by atoms with Gasteiger partial charge < -0.3 is 4.57 Å². The topological polar surface area (TPSA) is 3.24 Å². The van der Waals surface area contributed by atoms with Gasteiger partial charge in [-0.15, -0.1) is 0 Å². The highest BCUT2D eigenvalue weighted by atomic mass is 28.3. The van der Waals surface area contributed by atoms with Crippen LogP contribution in [-0.4, -0.2) is 25.9 Å². The molecule has 0 aliphatic heterocycles. The van der Waals surface area contributed by atoms with Crippen LogP contribution in [0.1, 0.15) is 19.4 Å². The zero-order valence-corrected chi connectivity index (χ0v) is 12.3. The summed E-state index contributed by atoms with van der Waals surface area (Å²) in [5, 5.41) is 1.04. The summed E-state index contributed by atoms with van der Waals surface area (Å²) >= 11 is 0. The highest BCUT2D eigenvalue weighted by molar-refractivity contribution is 6.87. The van der Waals surface area contributed by atoms with E-state index in [2.05, 4.69) is 31.5 Å². The van der Waals surface area contributed by atoms with E-state index < -0.39 is 20.0 Å². The molecule has 0 heterocycles. The summed E-state index contributed by atoms with van der Waals surface area (Å²) in [5.41, 5.74) is -0.574. The molecule has 0 unspecified atom stereocenters. The molecule has 0 aromatic heterocycles. The number of halogens is 3. The van der Waals surface area contributed by atoms with Crippen molar-refractivity contribution < 1.29 is 13.2 Å². The van der Waals surface area contributed by atoms with Crippen LogP contribution in [0.15, 0.2) is 24.3 Å². The number of nitrogens with zero attached hydrogens (tertiary/aromatic N) is 1. The standard InChI is InChI=1S/C13H20F3NSi/c1-5-17(6-2)18(3,4)12-9-7-11(8-10-12)13(14,15)16/h7-10H,5-6H2,1-4H3. The molecule has 0 aliphatic rings. The molecule has 5 heteroatoms. The summed E-state index contributed by atoms with van der Waals surface area (Å²) in [6.45, 7) is 10.4. The fourth-order valence-electron chi connectivity index (χ4n) is 2.26. The van der Waals surface area contributed by atoms with E-state index in [1.807, 2.05) is 0 Å². The SMILES string of the molecule is CCN(CC)[Si](C)(C)c1ccc(C(F)(F)F)cc1. The largest absolute Gasteiger partial charge is 0.416 e. The maximum Gasteiger partial charge on any atom is 0.416 e. The average molecular weight is 275 g/mol. The molecule has 0 radical (unpaired) electrons. The molecule has 0 bridgehead atoms. The summed E-state index contributed by atoms with van der Waals surface area (Å²) in [4.78, 5) is 0. The van der Waals surface area contributed by atoms with Crippen LogP contribution in [0.5, 0.6) is 0 Å². The minimum Gasteiger partial charge on any atom is -0.321 e. The van der Waals surface area contributed by atoms with E-state index in [4.69, 9.17) is 0 Å². The molecular weight excluding hydrogens is 255 g/mol. The lowest BCUT2D eigenvalue weighted by molar-refractivity contribution is -0.137. The summed E-state index contributed by atoms with van der Waals surface area (Å²) < 4.78 is 39.9. The summed E-state index contributed by atoms with van der Waals surface area (Å²) in [6.07, 6.45) is -4.25. The zero-order valence-electron chi connectivity index (χ0n) is 11.3. The van der Waals surface area contributed by atoms with Gasteiger partial charge in [0.25, 0.3) is 0 Å².